The fourth-order valence-electron chi connectivity index (χ4n) is 4.36. The van der Waals surface area contributed by atoms with Gasteiger partial charge in [-0.3, -0.25) is 0 Å². The number of rotatable bonds is 6. The molecule has 0 spiro atoms. The molecule has 3 atom stereocenters. The number of hydrogen-bond donors (Lipinski definition) is 2. The summed E-state index contributed by atoms with van der Waals surface area (Å²) in [6, 6.07) is 10.2. The Balaban J connectivity index is 2.43. The predicted molar refractivity (Wildman–Crippen MR) is 89.0 cm³/mol. The van der Waals surface area contributed by atoms with Crippen LogP contribution in [0.1, 0.15) is 64.4 Å². The summed E-state index contributed by atoms with van der Waals surface area (Å²) < 4.78 is 0. The maximum atomic E-state index is 11.7. The van der Waals surface area contributed by atoms with E-state index in [4.69, 9.17) is 5.73 Å². The average molecular weight is 289 g/mol. The van der Waals surface area contributed by atoms with Crippen LogP contribution in [-0.4, -0.2) is 11.7 Å². The molecule has 0 aromatic heterocycles. The van der Waals surface area contributed by atoms with Crippen molar-refractivity contribution in [1.82, 2.24) is 0 Å². The van der Waals surface area contributed by atoms with Crippen LogP contribution >= 0.6 is 0 Å². The molecule has 1 fully saturated rings. The molecule has 0 bridgehead atoms. The topological polar surface area (TPSA) is 46.2 Å². The van der Waals surface area contributed by atoms with Crippen LogP contribution in [-0.2, 0) is 5.60 Å². The van der Waals surface area contributed by atoms with Crippen LogP contribution in [0.3, 0.4) is 0 Å². The molecule has 0 aliphatic heterocycles. The van der Waals surface area contributed by atoms with E-state index in [1.165, 1.54) is 19.3 Å². The molecule has 2 nitrogen and oxygen atoms in total. The number of nitrogens with two attached hydrogens (primary N) is 1. The lowest BCUT2D eigenvalue weighted by Crippen LogP contribution is -2.52. The highest BCUT2D eigenvalue weighted by Crippen LogP contribution is 2.53. The summed E-state index contributed by atoms with van der Waals surface area (Å²) in [5.41, 5.74) is 6.35. The Morgan fingerprint density at radius 3 is 2.57 bits per heavy atom. The van der Waals surface area contributed by atoms with Crippen molar-refractivity contribution in [3.63, 3.8) is 0 Å². The minimum atomic E-state index is -0.786. The van der Waals surface area contributed by atoms with Gasteiger partial charge in [-0.1, -0.05) is 69.9 Å². The van der Waals surface area contributed by atoms with Crippen molar-refractivity contribution < 1.29 is 5.11 Å². The molecule has 1 aliphatic carbocycles. The SMILES string of the molecule is CCCC(O)(c1ccccc1)C1(CN)CCCC(CC)C1. The van der Waals surface area contributed by atoms with E-state index in [0.717, 1.165) is 31.2 Å². The third-order valence-electron chi connectivity index (χ3n) is 5.66. The Morgan fingerprint density at radius 2 is 2.00 bits per heavy atom. The molecule has 3 unspecified atom stereocenters. The van der Waals surface area contributed by atoms with Crippen LogP contribution in [0.15, 0.2) is 30.3 Å². The van der Waals surface area contributed by atoms with Gasteiger partial charge in [0.15, 0.2) is 0 Å². The monoisotopic (exact) mass is 289 g/mol. The molecule has 2 heteroatoms. The van der Waals surface area contributed by atoms with Gasteiger partial charge in [0.2, 0.25) is 0 Å². The summed E-state index contributed by atoms with van der Waals surface area (Å²) >= 11 is 0. The fourth-order valence-corrected chi connectivity index (χ4v) is 4.36. The van der Waals surface area contributed by atoms with Gasteiger partial charge in [0.05, 0.1) is 5.60 Å². The molecule has 0 amide bonds. The van der Waals surface area contributed by atoms with E-state index in [9.17, 15) is 5.11 Å². The molecule has 1 aromatic rings. The molecule has 118 valence electrons. The number of hydrogen-bond acceptors (Lipinski definition) is 2. The first-order valence-corrected chi connectivity index (χ1v) is 8.60. The third-order valence-corrected chi connectivity index (χ3v) is 5.66. The van der Waals surface area contributed by atoms with Gasteiger partial charge >= 0.3 is 0 Å². The summed E-state index contributed by atoms with van der Waals surface area (Å²) in [5, 5.41) is 11.7. The summed E-state index contributed by atoms with van der Waals surface area (Å²) in [5.74, 6) is 0.703. The second-order valence-corrected chi connectivity index (χ2v) is 6.83. The summed E-state index contributed by atoms with van der Waals surface area (Å²) in [6.07, 6.45) is 7.55. The molecule has 21 heavy (non-hydrogen) atoms. The van der Waals surface area contributed by atoms with Crippen LogP contribution in [0.25, 0.3) is 0 Å². The number of aliphatic hydroxyl groups is 1. The summed E-state index contributed by atoms with van der Waals surface area (Å²) in [4.78, 5) is 0. The zero-order valence-electron chi connectivity index (χ0n) is 13.6. The Bertz CT molecular complexity index is 432. The van der Waals surface area contributed by atoms with Crippen molar-refractivity contribution in [1.29, 1.82) is 0 Å². The van der Waals surface area contributed by atoms with Crippen LogP contribution in [0.2, 0.25) is 0 Å². The van der Waals surface area contributed by atoms with Crippen molar-refractivity contribution in [3.8, 4) is 0 Å². The van der Waals surface area contributed by atoms with Crippen molar-refractivity contribution in [2.75, 3.05) is 6.54 Å². The van der Waals surface area contributed by atoms with Crippen molar-refractivity contribution in [2.24, 2.45) is 17.1 Å². The third kappa shape index (κ3) is 3.02. The molecular formula is C19H31NO. The summed E-state index contributed by atoms with van der Waals surface area (Å²) in [7, 11) is 0. The highest BCUT2D eigenvalue weighted by atomic mass is 16.3. The lowest BCUT2D eigenvalue weighted by atomic mass is 9.57. The van der Waals surface area contributed by atoms with Gasteiger partial charge in [-0.05, 0) is 30.7 Å². The van der Waals surface area contributed by atoms with Crippen LogP contribution in [0.5, 0.6) is 0 Å². The van der Waals surface area contributed by atoms with Crippen molar-refractivity contribution in [3.05, 3.63) is 35.9 Å². The molecule has 1 saturated carbocycles. The maximum absolute atomic E-state index is 11.7. The Morgan fingerprint density at radius 1 is 1.29 bits per heavy atom. The van der Waals surface area contributed by atoms with Gasteiger partial charge in [-0.25, -0.2) is 0 Å². The smallest absolute Gasteiger partial charge is 0.0964 e. The van der Waals surface area contributed by atoms with Gasteiger partial charge in [0.25, 0.3) is 0 Å². The highest BCUT2D eigenvalue weighted by molar-refractivity contribution is 5.26. The standard InChI is InChI=1S/C19H31NO/c1-3-12-19(21,17-10-6-5-7-11-17)18(15-20)13-8-9-16(4-2)14-18/h5-7,10-11,16,21H,3-4,8-9,12-15,20H2,1-2H3. The van der Waals surface area contributed by atoms with E-state index in [1.54, 1.807) is 0 Å². The van der Waals surface area contributed by atoms with E-state index in [1.807, 2.05) is 18.2 Å². The second-order valence-electron chi connectivity index (χ2n) is 6.83. The van der Waals surface area contributed by atoms with Gasteiger partial charge in [-0.15, -0.1) is 0 Å². The average Bonchev–Trinajstić information content (AvgIpc) is 2.55. The predicted octanol–water partition coefficient (Wildman–Crippen LogP) is 4.22. The quantitative estimate of drug-likeness (QED) is 0.823. The number of benzene rings is 1. The van der Waals surface area contributed by atoms with E-state index < -0.39 is 5.60 Å². The van der Waals surface area contributed by atoms with Gasteiger partial charge in [0, 0.05) is 12.0 Å². The molecule has 3 N–H and O–H groups in total. The Kier molecular flexibility index (Phi) is 5.45. The molecular weight excluding hydrogens is 258 g/mol. The first kappa shape index (κ1) is 16.5. The zero-order valence-corrected chi connectivity index (χ0v) is 13.6. The van der Waals surface area contributed by atoms with Crippen LogP contribution < -0.4 is 5.73 Å². The maximum Gasteiger partial charge on any atom is 0.0964 e. The minimum Gasteiger partial charge on any atom is -0.385 e. The highest BCUT2D eigenvalue weighted by Gasteiger charge is 2.51. The van der Waals surface area contributed by atoms with E-state index in [2.05, 4.69) is 26.0 Å². The Labute approximate surface area is 129 Å². The molecule has 1 aliphatic rings. The molecule has 0 saturated heterocycles. The van der Waals surface area contributed by atoms with Crippen LogP contribution in [0, 0.1) is 11.3 Å². The van der Waals surface area contributed by atoms with E-state index in [-0.39, 0.29) is 5.41 Å². The molecule has 1 aromatic carbocycles. The normalized spacial score (nSPS) is 29.0. The largest absolute Gasteiger partial charge is 0.385 e. The molecule has 0 heterocycles. The lowest BCUT2D eigenvalue weighted by molar-refractivity contribution is -0.122. The van der Waals surface area contributed by atoms with Crippen molar-refractivity contribution in [2.45, 2.75) is 64.4 Å². The first-order chi connectivity index (χ1) is 10.1. The first-order valence-electron chi connectivity index (χ1n) is 8.60. The van der Waals surface area contributed by atoms with Crippen LogP contribution in [0.4, 0.5) is 0 Å². The van der Waals surface area contributed by atoms with Gasteiger partial charge in [-0.2, -0.15) is 0 Å². The fraction of sp³-hybridized carbons (Fsp3) is 0.684. The van der Waals surface area contributed by atoms with E-state index in [0.29, 0.717) is 12.5 Å². The van der Waals surface area contributed by atoms with Gasteiger partial charge in [0.1, 0.15) is 0 Å². The zero-order chi connectivity index (χ0) is 15.3. The second kappa shape index (κ2) is 6.93. The van der Waals surface area contributed by atoms with Gasteiger partial charge < -0.3 is 10.8 Å². The summed E-state index contributed by atoms with van der Waals surface area (Å²) in [6.45, 7) is 4.99. The van der Waals surface area contributed by atoms with E-state index >= 15 is 0 Å². The molecule has 2 rings (SSSR count). The Hall–Kier alpha value is -0.860. The molecule has 0 radical (unpaired) electrons. The van der Waals surface area contributed by atoms with Crippen molar-refractivity contribution >= 4 is 0 Å². The minimum absolute atomic E-state index is 0.163. The lowest BCUT2D eigenvalue weighted by Gasteiger charge is -2.51.